The van der Waals surface area contributed by atoms with E-state index in [1.54, 1.807) is 13.0 Å². The van der Waals surface area contributed by atoms with Crippen molar-refractivity contribution in [3.8, 4) is 23.3 Å². The molecule has 0 radical (unpaired) electrons. The number of nitriles is 1. The van der Waals surface area contributed by atoms with Crippen LogP contribution >= 0.6 is 11.6 Å². The third-order valence-corrected chi connectivity index (χ3v) is 2.95. The Morgan fingerprint density at radius 1 is 1.23 bits per heavy atom. The Morgan fingerprint density at radius 3 is 2.59 bits per heavy atom. The fourth-order valence-corrected chi connectivity index (χ4v) is 1.93. The van der Waals surface area contributed by atoms with E-state index >= 15 is 0 Å². The van der Waals surface area contributed by atoms with E-state index < -0.39 is 4.92 Å². The average Bonchev–Trinajstić information content (AvgIpc) is 2.50. The normalized spacial score (nSPS) is 9.86. The van der Waals surface area contributed by atoms with Crippen LogP contribution in [0.2, 0.25) is 5.02 Å². The molecule has 2 aromatic rings. The van der Waals surface area contributed by atoms with E-state index in [0.29, 0.717) is 17.9 Å². The summed E-state index contributed by atoms with van der Waals surface area (Å²) in [6.45, 7) is 2.15. The first-order valence-electron chi connectivity index (χ1n) is 6.34. The minimum Gasteiger partial charge on any atom is -0.490 e. The maximum atomic E-state index is 11.1. The van der Waals surface area contributed by atoms with Crippen LogP contribution in [-0.4, -0.2) is 11.5 Å². The van der Waals surface area contributed by atoms with Gasteiger partial charge >= 0.3 is 5.69 Å². The lowest BCUT2D eigenvalue weighted by molar-refractivity contribution is -0.385. The first kappa shape index (κ1) is 15.6. The number of nitro benzene ring substituents is 1. The molecule has 0 heterocycles. The summed E-state index contributed by atoms with van der Waals surface area (Å²) < 4.78 is 11.0. The minimum atomic E-state index is -0.578. The lowest BCUT2D eigenvalue weighted by atomic mass is 10.2. The number of halogens is 1. The van der Waals surface area contributed by atoms with Gasteiger partial charge in [0.05, 0.1) is 23.2 Å². The zero-order chi connectivity index (χ0) is 16.1. The average molecular weight is 319 g/mol. The molecule has 112 valence electrons. The standard InChI is InChI=1S/C15H11ClN2O4/c1-2-21-15-7-10(9-17)3-5-14(15)22-13-6-4-11(16)8-12(13)18(19)20/h3-8H,2H2,1H3. The molecule has 0 saturated carbocycles. The van der Waals surface area contributed by atoms with Gasteiger partial charge in [-0.3, -0.25) is 10.1 Å². The highest BCUT2D eigenvalue weighted by Gasteiger charge is 2.18. The fraction of sp³-hybridized carbons (Fsp3) is 0.133. The van der Waals surface area contributed by atoms with Gasteiger partial charge in [-0.15, -0.1) is 0 Å². The van der Waals surface area contributed by atoms with Crippen molar-refractivity contribution in [1.82, 2.24) is 0 Å². The van der Waals surface area contributed by atoms with Crippen molar-refractivity contribution < 1.29 is 14.4 Å². The highest BCUT2D eigenvalue weighted by molar-refractivity contribution is 6.30. The van der Waals surface area contributed by atoms with E-state index in [1.807, 2.05) is 6.07 Å². The van der Waals surface area contributed by atoms with Crippen LogP contribution in [0.25, 0.3) is 0 Å². The van der Waals surface area contributed by atoms with Crippen LogP contribution in [-0.2, 0) is 0 Å². The summed E-state index contributed by atoms with van der Waals surface area (Å²) in [7, 11) is 0. The molecule has 0 saturated heterocycles. The van der Waals surface area contributed by atoms with Crippen LogP contribution in [0.1, 0.15) is 12.5 Å². The van der Waals surface area contributed by atoms with Crippen molar-refractivity contribution in [2.24, 2.45) is 0 Å². The minimum absolute atomic E-state index is 0.0417. The lowest BCUT2D eigenvalue weighted by Gasteiger charge is -2.12. The summed E-state index contributed by atoms with van der Waals surface area (Å²) in [4.78, 5) is 10.5. The number of ether oxygens (including phenoxy) is 2. The molecule has 0 spiro atoms. The highest BCUT2D eigenvalue weighted by atomic mass is 35.5. The second-order valence-electron chi connectivity index (χ2n) is 4.18. The molecule has 0 N–H and O–H groups in total. The molecule has 7 heteroatoms. The van der Waals surface area contributed by atoms with Crippen LogP contribution in [0.5, 0.6) is 17.2 Å². The largest absolute Gasteiger partial charge is 0.490 e. The molecule has 0 unspecified atom stereocenters. The van der Waals surface area contributed by atoms with Crippen molar-refractivity contribution in [3.05, 3.63) is 57.1 Å². The van der Waals surface area contributed by atoms with E-state index in [-0.39, 0.29) is 22.2 Å². The molecule has 2 rings (SSSR count). The molecular weight excluding hydrogens is 308 g/mol. The molecule has 22 heavy (non-hydrogen) atoms. The third-order valence-electron chi connectivity index (χ3n) is 2.71. The van der Waals surface area contributed by atoms with Gasteiger partial charge in [0.15, 0.2) is 11.5 Å². The molecule has 2 aromatic carbocycles. The van der Waals surface area contributed by atoms with Crippen molar-refractivity contribution in [2.75, 3.05) is 6.61 Å². The highest BCUT2D eigenvalue weighted by Crippen LogP contribution is 2.37. The molecule has 0 bridgehead atoms. The topological polar surface area (TPSA) is 85.4 Å². The first-order valence-corrected chi connectivity index (χ1v) is 6.71. The maximum Gasteiger partial charge on any atom is 0.313 e. The van der Waals surface area contributed by atoms with Crippen molar-refractivity contribution in [2.45, 2.75) is 6.92 Å². The number of nitrogens with zero attached hydrogens (tertiary/aromatic N) is 2. The van der Waals surface area contributed by atoms with Crippen LogP contribution in [0.3, 0.4) is 0 Å². The summed E-state index contributed by atoms with van der Waals surface area (Å²) in [5.41, 5.74) is 0.153. The Bertz CT molecular complexity index is 756. The molecule has 0 aliphatic carbocycles. The number of hydrogen-bond donors (Lipinski definition) is 0. The molecule has 0 fully saturated rings. The van der Waals surface area contributed by atoms with Gasteiger partial charge in [0.1, 0.15) is 0 Å². The van der Waals surface area contributed by atoms with E-state index in [9.17, 15) is 10.1 Å². The smallest absolute Gasteiger partial charge is 0.313 e. The lowest BCUT2D eigenvalue weighted by Crippen LogP contribution is -1.98. The van der Waals surface area contributed by atoms with E-state index in [0.717, 1.165) is 0 Å². The Labute approximate surface area is 131 Å². The van der Waals surface area contributed by atoms with Crippen molar-refractivity contribution >= 4 is 17.3 Å². The molecule has 0 amide bonds. The number of hydrogen-bond acceptors (Lipinski definition) is 5. The molecule has 0 atom stereocenters. The molecule has 6 nitrogen and oxygen atoms in total. The number of rotatable bonds is 5. The predicted molar refractivity (Wildman–Crippen MR) is 80.5 cm³/mol. The van der Waals surface area contributed by atoms with Gasteiger partial charge in [-0.25, -0.2) is 0 Å². The summed E-state index contributed by atoms with van der Waals surface area (Å²) in [6, 6.07) is 10.7. The van der Waals surface area contributed by atoms with Gasteiger partial charge in [-0.2, -0.15) is 5.26 Å². The van der Waals surface area contributed by atoms with Gasteiger partial charge in [0.2, 0.25) is 5.75 Å². The monoisotopic (exact) mass is 318 g/mol. The van der Waals surface area contributed by atoms with Crippen molar-refractivity contribution in [1.29, 1.82) is 5.26 Å². The SMILES string of the molecule is CCOc1cc(C#N)ccc1Oc1ccc(Cl)cc1[N+](=O)[O-]. The maximum absolute atomic E-state index is 11.1. The quantitative estimate of drug-likeness (QED) is 0.605. The number of benzene rings is 2. The van der Waals surface area contributed by atoms with E-state index in [2.05, 4.69) is 0 Å². The van der Waals surface area contributed by atoms with Crippen LogP contribution in [0, 0.1) is 21.4 Å². The Balaban J connectivity index is 2.43. The number of nitro groups is 1. The summed E-state index contributed by atoms with van der Waals surface area (Å²) in [5.74, 6) is 0.664. The molecule has 0 aromatic heterocycles. The summed E-state index contributed by atoms with van der Waals surface area (Å²) in [5, 5.41) is 20.2. The van der Waals surface area contributed by atoms with Gasteiger partial charge in [-0.05, 0) is 31.2 Å². The van der Waals surface area contributed by atoms with Crippen LogP contribution in [0.4, 0.5) is 5.69 Å². The second kappa shape index (κ2) is 6.78. The fourth-order valence-electron chi connectivity index (χ4n) is 1.77. The summed E-state index contributed by atoms with van der Waals surface area (Å²) >= 11 is 5.76. The Hall–Kier alpha value is -2.78. The third kappa shape index (κ3) is 3.45. The summed E-state index contributed by atoms with van der Waals surface area (Å²) in [6.07, 6.45) is 0. The zero-order valence-electron chi connectivity index (χ0n) is 11.6. The zero-order valence-corrected chi connectivity index (χ0v) is 12.3. The van der Waals surface area contributed by atoms with Gasteiger partial charge in [-0.1, -0.05) is 11.6 Å². The van der Waals surface area contributed by atoms with Gasteiger partial charge in [0.25, 0.3) is 0 Å². The molecular formula is C15H11ClN2O4. The van der Waals surface area contributed by atoms with Crippen LogP contribution in [0.15, 0.2) is 36.4 Å². The van der Waals surface area contributed by atoms with Crippen molar-refractivity contribution in [3.63, 3.8) is 0 Å². The molecule has 0 aliphatic heterocycles. The van der Waals surface area contributed by atoms with E-state index in [4.69, 9.17) is 26.3 Å². The van der Waals surface area contributed by atoms with Crippen LogP contribution < -0.4 is 9.47 Å². The second-order valence-corrected chi connectivity index (χ2v) is 4.61. The molecule has 0 aliphatic rings. The Morgan fingerprint density at radius 2 is 1.95 bits per heavy atom. The first-order chi connectivity index (χ1) is 10.5. The Kier molecular flexibility index (Phi) is 4.81. The van der Waals surface area contributed by atoms with E-state index in [1.165, 1.54) is 30.3 Å². The van der Waals surface area contributed by atoms with Gasteiger partial charge < -0.3 is 9.47 Å². The van der Waals surface area contributed by atoms with Gasteiger partial charge in [0, 0.05) is 17.2 Å². The predicted octanol–water partition coefficient (Wildman–Crippen LogP) is 4.31.